The van der Waals surface area contributed by atoms with E-state index in [9.17, 15) is 9.59 Å². The Kier molecular flexibility index (Phi) is 5.45. The van der Waals surface area contributed by atoms with Gasteiger partial charge in [-0.3, -0.25) is 14.7 Å². The van der Waals surface area contributed by atoms with Crippen LogP contribution in [0.15, 0.2) is 15.1 Å². The fraction of sp³-hybridized carbons (Fsp3) is 0.529. The number of hydrogen-bond donors (Lipinski definition) is 2. The summed E-state index contributed by atoms with van der Waals surface area (Å²) in [4.78, 5) is 26.8. The monoisotopic (exact) mass is 423 g/mol. The molecule has 26 heavy (non-hydrogen) atoms. The third kappa shape index (κ3) is 3.82. The lowest BCUT2D eigenvalue weighted by atomic mass is 9.95. The van der Waals surface area contributed by atoms with Crippen LogP contribution >= 0.6 is 15.9 Å². The Morgan fingerprint density at radius 2 is 2.08 bits per heavy atom. The van der Waals surface area contributed by atoms with E-state index in [-0.39, 0.29) is 23.7 Å². The van der Waals surface area contributed by atoms with Gasteiger partial charge >= 0.3 is 0 Å². The summed E-state index contributed by atoms with van der Waals surface area (Å²) in [6.45, 7) is 6.88. The summed E-state index contributed by atoms with van der Waals surface area (Å²) in [7, 11) is 0. The molecule has 2 amide bonds. The molecule has 1 fully saturated rings. The zero-order chi connectivity index (χ0) is 18.8. The molecule has 2 aromatic heterocycles. The summed E-state index contributed by atoms with van der Waals surface area (Å²) < 4.78 is 5.67. The Bertz CT molecular complexity index is 805. The van der Waals surface area contributed by atoms with Crippen molar-refractivity contribution in [2.75, 3.05) is 18.4 Å². The van der Waals surface area contributed by atoms with Crippen LogP contribution in [0.5, 0.6) is 0 Å². The van der Waals surface area contributed by atoms with Gasteiger partial charge in [0.2, 0.25) is 5.91 Å². The molecular weight excluding hydrogens is 402 g/mol. The summed E-state index contributed by atoms with van der Waals surface area (Å²) >= 11 is 3.47. The zero-order valence-electron chi connectivity index (χ0n) is 15.0. The van der Waals surface area contributed by atoms with E-state index in [4.69, 9.17) is 4.52 Å². The highest BCUT2D eigenvalue weighted by Crippen LogP contribution is 2.28. The predicted octanol–water partition coefficient (Wildman–Crippen LogP) is 3.08. The molecule has 0 spiro atoms. The van der Waals surface area contributed by atoms with Crippen molar-refractivity contribution < 1.29 is 14.1 Å². The average Bonchev–Trinajstić information content (AvgIpc) is 3.20. The molecule has 2 aromatic rings. The van der Waals surface area contributed by atoms with E-state index in [1.54, 1.807) is 17.9 Å². The second-order valence-corrected chi connectivity index (χ2v) is 7.63. The number of anilines is 1. The molecule has 1 aliphatic rings. The maximum atomic E-state index is 12.7. The minimum absolute atomic E-state index is 0.0894. The quantitative estimate of drug-likeness (QED) is 0.785. The van der Waals surface area contributed by atoms with Gasteiger partial charge in [0.05, 0.1) is 10.2 Å². The Hall–Kier alpha value is -2.16. The molecule has 140 valence electrons. The Morgan fingerprint density at radius 1 is 1.38 bits per heavy atom. The first-order valence-corrected chi connectivity index (χ1v) is 9.43. The van der Waals surface area contributed by atoms with Gasteiger partial charge in [-0.25, -0.2) is 0 Å². The number of nitrogens with one attached hydrogen (secondary N) is 2. The number of rotatable bonds is 4. The van der Waals surface area contributed by atoms with E-state index in [0.29, 0.717) is 43.2 Å². The van der Waals surface area contributed by atoms with E-state index in [1.807, 2.05) is 13.8 Å². The third-order valence-corrected chi connectivity index (χ3v) is 5.35. The van der Waals surface area contributed by atoms with Crippen molar-refractivity contribution in [3.8, 4) is 0 Å². The topological polar surface area (TPSA) is 104 Å². The second kappa shape index (κ2) is 7.61. The molecule has 3 rings (SSSR count). The summed E-state index contributed by atoms with van der Waals surface area (Å²) in [6, 6.07) is 1.68. The van der Waals surface area contributed by atoms with Gasteiger partial charge in [-0.2, -0.15) is 5.10 Å². The second-order valence-electron chi connectivity index (χ2n) is 6.83. The number of H-pyrrole nitrogens is 1. The van der Waals surface area contributed by atoms with Crippen molar-refractivity contribution in [3.63, 3.8) is 0 Å². The first-order chi connectivity index (χ1) is 12.4. The average molecular weight is 424 g/mol. The van der Waals surface area contributed by atoms with Crippen LogP contribution in [0.3, 0.4) is 0 Å². The van der Waals surface area contributed by atoms with Crippen LogP contribution in [0.4, 0.5) is 5.82 Å². The molecule has 2 N–H and O–H groups in total. The minimum atomic E-state index is -0.148. The molecule has 0 aliphatic carbocycles. The van der Waals surface area contributed by atoms with E-state index in [1.165, 1.54) is 0 Å². The van der Waals surface area contributed by atoms with Crippen LogP contribution in [0.1, 0.15) is 54.5 Å². The van der Waals surface area contributed by atoms with Gasteiger partial charge in [0.25, 0.3) is 5.91 Å². The zero-order valence-corrected chi connectivity index (χ0v) is 16.6. The standard InChI is InChI=1S/C17H22BrN5O3/c1-9(2)14-13(18)15(21-20-14)17(25)23-6-4-11(5-7-23)16(24)19-12-8-10(3)26-22-12/h8-9,11H,4-7H2,1-3H3,(H,20,21)(H,19,22,24). The highest BCUT2D eigenvalue weighted by molar-refractivity contribution is 9.10. The molecule has 1 aliphatic heterocycles. The number of piperidine rings is 1. The van der Waals surface area contributed by atoms with Crippen LogP contribution in [0.25, 0.3) is 0 Å². The number of aryl methyl sites for hydroxylation is 1. The van der Waals surface area contributed by atoms with Crippen molar-refractivity contribution in [2.24, 2.45) is 5.92 Å². The van der Waals surface area contributed by atoms with Gasteiger partial charge in [0.1, 0.15) is 5.76 Å². The number of carbonyl (C=O) groups excluding carboxylic acids is 2. The normalized spacial score (nSPS) is 15.5. The van der Waals surface area contributed by atoms with Crippen molar-refractivity contribution in [2.45, 2.75) is 39.5 Å². The van der Waals surface area contributed by atoms with E-state index in [2.05, 4.69) is 36.6 Å². The molecule has 3 heterocycles. The van der Waals surface area contributed by atoms with Crippen LogP contribution < -0.4 is 5.32 Å². The molecule has 1 saturated heterocycles. The number of aromatic amines is 1. The fourth-order valence-corrected chi connectivity index (χ4v) is 3.82. The third-order valence-electron chi connectivity index (χ3n) is 4.54. The minimum Gasteiger partial charge on any atom is -0.360 e. The van der Waals surface area contributed by atoms with Gasteiger partial charge in [0, 0.05) is 25.1 Å². The number of nitrogens with zero attached hydrogens (tertiary/aromatic N) is 3. The number of halogens is 1. The summed E-state index contributed by atoms with van der Waals surface area (Å²) in [5.74, 6) is 0.955. The fourth-order valence-electron chi connectivity index (χ4n) is 3.01. The summed E-state index contributed by atoms with van der Waals surface area (Å²) in [5.41, 5.74) is 1.31. The number of carbonyl (C=O) groups is 2. The Balaban J connectivity index is 1.58. The summed E-state index contributed by atoms with van der Waals surface area (Å²) in [6.07, 6.45) is 1.21. The molecule has 0 radical (unpaired) electrons. The lowest BCUT2D eigenvalue weighted by Crippen LogP contribution is -2.41. The number of likely N-dealkylation sites (tertiary alicyclic amines) is 1. The van der Waals surface area contributed by atoms with Gasteiger partial charge in [-0.05, 0) is 41.6 Å². The molecule has 0 atom stereocenters. The van der Waals surface area contributed by atoms with Gasteiger partial charge in [-0.15, -0.1) is 0 Å². The number of aromatic nitrogens is 3. The Morgan fingerprint density at radius 3 is 2.62 bits per heavy atom. The molecular formula is C17H22BrN5O3. The van der Waals surface area contributed by atoms with Crippen molar-refractivity contribution in [1.29, 1.82) is 0 Å². The van der Waals surface area contributed by atoms with E-state index in [0.717, 1.165) is 10.2 Å². The van der Waals surface area contributed by atoms with E-state index >= 15 is 0 Å². The van der Waals surface area contributed by atoms with Crippen LogP contribution in [0.2, 0.25) is 0 Å². The number of hydrogen-bond acceptors (Lipinski definition) is 5. The molecule has 0 bridgehead atoms. The first-order valence-electron chi connectivity index (χ1n) is 8.64. The lowest BCUT2D eigenvalue weighted by Gasteiger charge is -2.30. The Labute approximate surface area is 159 Å². The molecule has 0 saturated carbocycles. The molecule has 0 unspecified atom stereocenters. The van der Waals surface area contributed by atoms with Crippen LogP contribution in [-0.4, -0.2) is 45.2 Å². The molecule has 0 aromatic carbocycles. The SMILES string of the molecule is Cc1cc(NC(=O)C2CCN(C(=O)c3n[nH]c(C(C)C)c3Br)CC2)no1. The molecule has 9 heteroatoms. The van der Waals surface area contributed by atoms with Crippen molar-refractivity contribution >= 4 is 33.6 Å². The van der Waals surface area contributed by atoms with Gasteiger partial charge in [0.15, 0.2) is 11.5 Å². The smallest absolute Gasteiger partial charge is 0.275 e. The number of amides is 2. The lowest BCUT2D eigenvalue weighted by molar-refractivity contribution is -0.121. The van der Waals surface area contributed by atoms with Crippen LogP contribution in [-0.2, 0) is 4.79 Å². The maximum Gasteiger partial charge on any atom is 0.275 e. The molecule has 8 nitrogen and oxygen atoms in total. The van der Waals surface area contributed by atoms with Crippen molar-refractivity contribution in [3.05, 3.63) is 27.7 Å². The van der Waals surface area contributed by atoms with Gasteiger partial charge in [-0.1, -0.05) is 19.0 Å². The highest BCUT2D eigenvalue weighted by Gasteiger charge is 2.30. The maximum absolute atomic E-state index is 12.7. The summed E-state index contributed by atoms with van der Waals surface area (Å²) in [5, 5.41) is 13.6. The largest absolute Gasteiger partial charge is 0.360 e. The first kappa shape index (κ1) is 18.6. The van der Waals surface area contributed by atoms with Gasteiger partial charge < -0.3 is 14.7 Å². The van der Waals surface area contributed by atoms with Crippen molar-refractivity contribution in [1.82, 2.24) is 20.3 Å². The van der Waals surface area contributed by atoms with Crippen LogP contribution in [0, 0.1) is 12.8 Å². The highest BCUT2D eigenvalue weighted by atomic mass is 79.9. The van der Waals surface area contributed by atoms with E-state index < -0.39 is 0 Å². The predicted molar refractivity (Wildman–Crippen MR) is 98.9 cm³/mol.